The zero-order valence-corrected chi connectivity index (χ0v) is 11.2. The van der Waals surface area contributed by atoms with E-state index in [1.54, 1.807) is 24.4 Å². The second-order valence-corrected chi connectivity index (χ2v) is 4.80. The molecule has 1 N–H and O–H groups in total. The summed E-state index contributed by atoms with van der Waals surface area (Å²) in [7, 11) is 0. The summed E-state index contributed by atoms with van der Waals surface area (Å²) in [5, 5.41) is 13.5. The van der Waals surface area contributed by atoms with Crippen LogP contribution >= 0.6 is 27.5 Å². The van der Waals surface area contributed by atoms with Gasteiger partial charge in [0.1, 0.15) is 0 Å². The fourth-order valence-electron chi connectivity index (χ4n) is 1.50. The first kappa shape index (κ1) is 12.1. The monoisotopic (exact) mass is 314 g/mol. The SMILES string of the molecule is Cc1cc(Cl)ccc1-n1cc(Br)c(C(=O)O)n1. The van der Waals surface area contributed by atoms with Crippen LogP contribution in [0.1, 0.15) is 16.1 Å². The van der Waals surface area contributed by atoms with Crippen molar-refractivity contribution >= 4 is 33.5 Å². The van der Waals surface area contributed by atoms with E-state index in [1.807, 2.05) is 6.92 Å². The maximum Gasteiger partial charge on any atom is 0.357 e. The number of hydrogen-bond donors (Lipinski definition) is 1. The van der Waals surface area contributed by atoms with Crippen molar-refractivity contribution in [3.63, 3.8) is 0 Å². The number of carbonyl (C=O) groups is 1. The number of nitrogens with zero attached hydrogens (tertiary/aromatic N) is 2. The molecule has 0 amide bonds. The molecule has 2 rings (SSSR count). The molecule has 0 radical (unpaired) electrons. The van der Waals surface area contributed by atoms with Gasteiger partial charge in [-0.05, 0) is 46.6 Å². The van der Waals surface area contributed by atoms with E-state index >= 15 is 0 Å². The predicted molar refractivity (Wildman–Crippen MR) is 68.0 cm³/mol. The van der Waals surface area contributed by atoms with E-state index in [9.17, 15) is 4.79 Å². The van der Waals surface area contributed by atoms with Crippen molar-refractivity contribution in [3.8, 4) is 5.69 Å². The van der Waals surface area contributed by atoms with Crippen molar-refractivity contribution in [2.75, 3.05) is 0 Å². The molecule has 4 nitrogen and oxygen atoms in total. The number of carboxylic acids is 1. The molecule has 6 heteroatoms. The van der Waals surface area contributed by atoms with Crippen LogP contribution < -0.4 is 0 Å². The third-order valence-corrected chi connectivity index (χ3v) is 3.09. The molecule has 1 aromatic carbocycles. The van der Waals surface area contributed by atoms with E-state index in [0.717, 1.165) is 11.3 Å². The predicted octanol–water partition coefficient (Wildman–Crippen LogP) is 3.29. The molecule has 0 bridgehead atoms. The Bertz CT molecular complexity index is 595. The highest BCUT2D eigenvalue weighted by Crippen LogP contribution is 2.22. The maximum absolute atomic E-state index is 10.9. The summed E-state index contributed by atoms with van der Waals surface area (Å²) >= 11 is 9.02. The minimum Gasteiger partial charge on any atom is -0.476 e. The number of aromatic carboxylic acids is 1. The van der Waals surface area contributed by atoms with Gasteiger partial charge >= 0.3 is 5.97 Å². The van der Waals surface area contributed by atoms with Crippen LogP contribution in [0.5, 0.6) is 0 Å². The minimum atomic E-state index is -1.07. The van der Waals surface area contributed by atoms with Gasteiger partial charge in [-0.1, -0.05) is 11.6 Å². The fourth-order valence-corrected chi connectivity index (χ4v) is 2.17. The number of carboxylic acid groups (broad SMARTS) is 1. The first-order valence-corrected chi connectivity index (χ1v) is 5.91. The summed E-state index contributed by atoms with van der Waals surface area (Å²) in [6, 6.07) is 5.33. The average molecular weight is 316 g/mol. The summed E-state index contributed by atoms with van der Waals surface area (Å²) in [6.07, 6.45) is 1.61. The summed E-state index contributed by atoms with van der Waals surface area (Å²) in [4.78, 5) is 10.9. The quantitative estimate of drug-likeness (QED) is 0.925. The Hall–Kier alpha value is -1.33. The van der Waals surface area contributed by atoms with Crippen molar-refractivity contribution in [1.82, 2.24) is 9.78 Å². The van der Waals surface area contributed by atoms with Crippen molar-refractivity contribution in [3.05, 3.63) is 45.1 Å². The zero-order valence-electron chi connectivity index (χ0n) is 8.82. The average Bonchev–Trinajstić information content (AvgIpc) is 2.60. The first-order chi connectivity index (χ1) is 7.99. The van der Waals surface area contributed by atoms with Gasteiger partial charge in [-0.2, -0.15) is 5.10 Å². The van der Waals surface area contributed by atoms with Crippen molar-refractivity contribution in [1.29, 1.82) is 0 Å². The Morgan fingerprint density at radius 1 is 1.53 bits per heavy atom. The van der Waals surface area contributed by atoms with Gasteiger partial charge in [0.2, 0.25) is 0 Å². The molecule has 17 heavy (non-hydrogen) atoms. The smallest absolute Gasteiger partial charge is 0.357 e. The van der Waals surface area contributed by atoms with E-state index < -0.39 is 5.97 Å². The van der Waals surface area contributed by atoms with Gasteiger partial charge in [0.05, 0.1) is 10.2 Å². The normalized spacial score (nSPS) is 10.5. The highest BCUT2D eigenvalue weighted by Gasteiger charge is 2.15. The zero-order chi connectivity index (χ0) is 12.6. The minimum absolute atomic E-state index is 0.0145. The lowest BCUT2D eigenvalue weighted by atomic mass is 10.2. The largest absolute Gasteiger partial charge is 0.476 e. The summed E-state index contributed by atoms with van der Waals surface area (Å²) in [5.74, 6) is -1.07. The van der Waals surface area contributed by atoms with Gasteiger partial charge in [0, 0.05) is 11.2 Å². The first-order valence-electron chi connectivity index (χ1n) is 4.74. The topological polar surface area (TPSA) is 55.1 Å². The Balaban J connectivity index is 2.53. The maximum atomic E-state index is 10.9. The van der Waals surface area contributed by atoms with Crippen molar-refractivity contribution < 1.29 is 9.90 Å². The van der Waals surface area contributed by atoms with Gasteiger partial charge in [-0.3, -0.25) is 0 Å². The fraction of sp³-hybridized carbons (Fsp3) is 0.0909. The Labute approximate surface area is 111 Å². The lowest BCUT2D eigenvalue weighted by Crippen LogP contribution is -2.02. The standard InChI is InChI=1S/C11H8BrClN2O2/c1-6-4-7(13)2-3-9(6)15-5-8(12)10(14-15)11(16)17/h2-5H,1H3,(H,16,17). The highest BCUT2D eigenvalue weighted by atomic mass is 79.9. The van der Waals surface area contributed by atoms with Crippen molar-refractivity contribution in [2.24, 2.45) is 0 Å². The highest BCUT2D eigenvalue weighted by molar-refractivity contribution is 9.10. The Morgan fingerprint density at radius 3 is 2.76 bits per heavy atom. The molecule has 1 heterocycles. The lowest BCUT2D eigenvalue weighted by Gasteiger charge is -2.05. The molecule has 0 saturated carbocycles. The summed E-state index contributed by atoms with van der Waals surface area (Å²) in [6.45, 7) is 1.89. The molecule has 0 spiro atoms. The van der Waals surface area contributed by atoms with Gasteiger partial charge < -0.3 is 5.11 Å². The van der Waals surface area contributed by atoms with Crippen LogP contribution in [0.25, 0.3) is 5.69 Å². The molecule has 0 fully saturated rings. The lowest BCUT2D eigenvalue weighted by molar-refractivity contribution is 0.0689. The number of aryl methyl sites for hydroxylation is 1. The molecule has 0 saturated heterocycles. The number of hydrogen-bond acceptors (Lipinski definition) is 2. The van der Waals surface area contributed by atoms with Crippen LogP contribution in [0.3, 0.4) is 0 Å². The van der Waals surface area contributed by atoms with E-state index in [0.29, 0.717) is 9.50 Å². The van der Waals surface area contributed by atoms with Crippen LogP contribution in [0.4, 0.5) is 0 Å². The summed E-state index contributed by atoms with van der Waals surface area (Å²) < 4.78 is 1.96. The van der Waals surface area contributed by atoms with Gasteiger partial charge in [0.15, 0.2) is 5.69 Å². The van der Waals surface area contributed by atoms with E-state index in [-0.39, 0.29) is 5.69 Å². The molecular formula is C11H8BrClN2O2. The van der Waals surface area contributed by atoms with Gasteiger partial charge in [-0.15, -0.1) is 0 Å². The van der Waals surface area contributed by atoms with Crippen LogP contribution in [-0.2, 0) is 0 Å². The summed E-state index contributed by atoms with van der Waals surface area (Å²) in [5.41, 5.74) is 1.70. The Morgan fingerprint density at radius 2 is 2.24 bits per heavy atom. The number of aromatic nitrogens is 2. The molecule has 2 aromatic rings. The molecule has 0 atom stereocenters. The molecule has 0 aliphatic heterocycles. The number of benzene rings is 1. The molecule has 0 aliphatic carbocycles. The third kappa shape index (κ3) is 2.35. The van der Waals surface area contributed by atoms with E-state index in [2.05, 4.69) is 21.0 Å². The van der Waals surface area contributed by atoms with Crippen LogP contribution in [-0.4, -0.2) is 20.9 Å². The molecule has 0 aliphatic rings. The van der Waals surface area contributed by atoms with Gasteiger partial charge in [0.25, 0.3) is 0 Å². The van der Waals surface area contributed by atoms with Crippen molar-refractivity contribution in [2.45, 2.75) is 6.92 Å². The second-order valence-electron chi connectivity index (χ2n) is 3.51. The van der Waals surface area contributed by atoms with Crippen LogP contribution in [0, 0.1) is 6.92 Å². The van der Waals surface area contributed by atoms with Crippen LogP contribution in [0.2, 0.25) is 5.02 Å². The van der Waals surface area contributed by atoms with E-state index in [4.69, 9.17) is 16.7 Å². The third-order valence-electron chi connectivity index (χ3n) is 2.28. The van der Waals surface area contributed by atoms with E-state index in [1.165, 1.54) is 4.68 Å². The Kier molecular flexibility index (Phi) is 3.22. The second kappa shape index (κ2) is 4.50. The number of halogens is 2. The number of rotatable bonds is 2. The van der Waals surface area contributed by atoms with Gasteiger partial charge in [-0.25, -0.2) is 9.48 Å². The molecular weight excluding hydrogens is 307 g/mol. The molecule has 88 valence electrons. The molecule has 1 aromatic heterocycles. The molecule has 0 unspecified atom stereocenters. The van der Waals surface area contributed by atoms with Crippen LogP contribution in [0.15, 0.2) is 28.9 Å².